The molecule has 1 aromatic rings. The predicted molar refractivity (Wildman–Crippen MR) is 68.2 cm³/mol. The molecule has 3 N–H and O–H groups in total. The Labute approximate surface area is 102 Å². The molecule has 1 unspecified atom stereocenters. The van der Waals surface area contributed by atoms with Gasteiger partial charge in [0.15, 0.2) is 0 Å². The molecule has 0 saturated heterocycles. The normalized spacial score (nSPS) is 12.1. The molecule has 0 heterocycles. The molecule has 0 aliphatic rings. The van der Waals surface area contributed by atoms with E-state index in [4.69, 9.17) is 10.5 Å². The molecule has 0 fully saturated rings. The van der Waals surface area contributed by atoms with Crippen LogP contribution in [0.15, 0.2) is 6.07 Å². The van der Waals surface area contributed by atoms with E-state index in [1.165, 1.54) is 0 Å². The highest BCUT2D eigenvalue weighted by molar-refractivity contribution is 5.83. The Balaban J connectivity index is 3.35. The highest BCUT2D eigenvalue weighted by atomic mass is 16.5. The second-order valence-electron chi connectivity index (χ2n) is 4.15. The van der Waals surface area contributed by atoms with Crippen molar-refractivity contribution in [2.45, 2.75) is 26.8 Å². The van der Waals surface area contributed by atoms with Gasteiger partial charge in [0, 0.05) is 7.05 Å². The molecule has 17 heavy (non-hydrogen) atoms. The summed E-state index contributed by atoms with van der Waals surface area (Å²) in [7, 11) is 3.23. The number of rotatable bonds is 3. The molecular formula is C13H20N2O2. The average molecular weight is 236 g/mol. The molecule has 4 nitrogen and oxygen atoms in total. The van der Waals surface area contributed by atoms with Crippen molar-refractivity contribution in [1.82, 2.24) is 5.32 Å². The quantitative estimate of drug-likeness (QED) is 0.833. The van der Waals surface area contributed by atoms with E-state index in [0.29, 0.717) is 0 Å². The minimum absolute atomic E-state index is 0.180. The third-order valence-electron chi connectivity index (χ3n) is 3.17. The second-order valence-corrected chi connectivity index (χ2v) is 4.15. The molecule has 0 aliphatic heterocycles. The van der Waals surface area contributed by atoms with Gasteiger partial charge in [0.1, 0.15) is 11.8 Å². The van der Waals surface area contributed by atoms with Crippen LogP contribution in [-0.4, -0.2) is 20.1 Å². The van der Waals surface area contributed by atoms with Crippen LogP contribution in [0.1, 0.15) is 28.3 Å². The van der Waals surface area contributed by atoms with Gasteiger partial charge in [-0.3, -0.25) is 4.79 Å². The first-order valence-corrected chi connectivity index (χ1v) is 5.55. The summed E-state index contributed by atoms with van der Waals surface area (Å²) in [5.74, 6) is 0.647. The van der Waals surface area contributed by atoms with Crippen molar-refractivity contribution >= 4 is 5.91 Å². The van der Waals surface area contributed by atoms with E-state index < -0.39 is 6.04 Å². The standard InChI is InChI=1S/C13H20N2O2/c1-7-6-10(17-5)8(2)9(3)11(7)12(14)13(16)15-4/h6,12H,14H2,1-5H3,(H,15,16). The van der Waals surface area contributed by atoms with Crippen molar-refractivity contribution in [3.8, 4) is 5.75 Å². The Morgan fingerprint density at radius 3 is 2.41 bits per heavy atom. The van der Waals surface area contributed by atoms with Gasteiger partial charge in [-0.2, -0.15) is 0 Å². The summed E-state index contributed by atoms with van der Waals surface area (Å²) in [6, 6.07) is 1.28. The molecule has 1 atom stereocenters. The maximum absolute atomic E-state index is 11.6. The smallest absolute Gasteiger partial charge is 0.241 e. The van der Waals surface area contributed by atoms with E-state index in [9.17, 15) is 4.79 Å². The molecule has 4 heteroatoms. The molecule has 0 aliphatic carbocycles. The number of nitrogens with two attached hydrogens (primary N) is 1. The van der Waals surface area contributed by atoms with Gasteiger partial charge in [-0.25, -0.2) is 0 Å². The number of likely N-dealkylation sites (N-methyl/N-ethyl adjacent to an activating group) is 1. The van der Waals surface area contributed by atoms with Crippen molar-refractivity contribution in [3.63, 3.8) is 0 Å². The lowest BCUT2D eigenvalue weighted by atomic mass is 9.92. The number of ether oxygens (including phenoxy) is 1. The largest absolute Gasteiger partial charge is 0.496 e. The van der Waals surface area contributed by atoms with E-state index >= 15 is 0 Å². The van der Waals surface area contributed by atoms with Gasteiger partial charge in [0.05, 0.1) is 7.11 Å². The van der Waals surface area contributed by atoms with Crippen LogP contribution in [0.25, 0.3) is 0 Å². The lowest BCUT2D eigenvalue weighted by Crippen LogP contribution is -2.32. The number of benzene rings is 1. The summed E-state index contributed by atoms with van der Waals surface area (Å²) in [5, 5.41) is 2.57. The first-order valence-electron chi connectivity index (χ1n) is 5.55. The number of nitrogens with one attached hydrogen (secondary N) is 1. The van der Waals surface area contributed by atoms with Crippen LogP contribution in [0, 0.1) is 20.8 Å². The number of methoxy groups -OCH3 is 1. The lowest BCUT2D eigenvalue weighted by Gasteiger charge is -2.20. The van der Waals surface area contributed by atoms with E-state index in [2.05, 4.69) is 5.32 Å². The molecule has 0 aromatic heterocycles. The highest BCUT2D eigenvalue weighted by Gasteiger charge is 2.21. The summed E-state index contributed by atoms with van der Waals surface area (Å²) in [6.45, 7) is 5.86. The molecule has 0 saturated carbocycles. The SMILES string of the molecule is CNC(=O)C(N)c1c(C)cc(OC)c(C)c1C. The van der Waals surface area contributed by atoms with Crippen LogP contribution < -0.4 is 15.8 Å². The number of hydrogen-bond acceptors (Lipinski definition) is 3. The van der Waals surface area contributed by atoms with Gasteiger partial charge < -0.3 is 15.8 Å². The van der Waals surface area contributed by atoms with Gasteiger partial charge in [0.25, 0.3) is 0 Å². The molecule has 0 spiro atoms. The zero-order chi connectivity index (χ0) is 13.2. The van der Waals surface area contributed by atoms with E-state index in [1.54, 1.807) is 14.2 Å². The van der Waals surface area contributed by atoms with Crippen LogP contribution in [-0.2, 0) is 4.79 Å². The van der Waals surface area contributed by atoms with Crippen LogP contribution in [0.5, 0.6) is 5.75 Å². The Bertz CT molecular complexity index is 442. The lowest BCUT2D eigenvalue weighted by molar-refractivity contribution is -0.122. The minimum Gasteiger partial charge on any atom is -0.496 e. The van der Waals surface area contributed by atoms with Crippen molar-refractivity contribution in [3.05, 3.63) is 28.3 Å². The molecule has 1 rings (SSSR count). The Morgan fingerprint density at radius 1 is 1.35 bits per heavy atom. The zero-order valence-electron chi connectivity index (χ0n) is 11.0. The van der Waals surface area contributed by atoms with Crippen molar-refractivity contribution < 1.29 is 9.53 Å². The summed E-state index contributed by atoms with van der Waals surface area (Å²) >= 11 is 0. The van der Waals surface area contributed by atoms with E-state index in [-0.39, 0.29) is 5.91 Å². The number of carbonyl (C=O) groups excluding carboxylic acids is 1. The molecule has 1 amide bonds. The third-order valence-corrected chi connectivity index (χ3v) is 3.17. The Morgan fingerprint density at radius 2 is 1.94 bits per heavy atom. The number of hydrogen-bond donors (Lipinski definition) is 2. The number of amides is 1. The average Bonchev–Trinajstić information content (AvgIpc) is 2.32. The summed E-state index contributed by atoms with van der Waals surface area (Å²) in [5.41, 5.74) is 9.84. The van der Waals surface area contributed by atoms with Crippen LogP contribution in [0.3, 0.4) is 0 Å². The summed E-state index contributed by atoms with van der Waals surface area (Å²) in [6.07, 6.45) is 0. The molecular weight excluding hydrogens is 216 g/mol. The molecule has 0 bridgehead atoms. The maximum atomic E-state index is 11.6. The van der Waals surface area contributed by atoms with Crippen LogP contribution in [0.2, 0.25) is 0 Å². The van der Waals surface area contributed by atoms with Gasteiger partial charge in [-0.15, -0.1) is 0 Å². The molecule has 0 radical (unpaired) electrons. The summed E-state index contributed by atoms with van der Waals surface area (Å²) < 4.78 is 5.29. The van der Waals surface area contributed by atoms with Crippen LogP contribution in [0.4, 0.5) is 0 Å². The fourth-order valence-corrected chi connectivity index (χ4v) is 2.04. The monoisotopic (exact) mass is 236 g/mol. The fraction of sp³-hybridized carbons (Fsp3) is 0.462. The van der Waals surface area contributed by atoms with Crippen molar-refractivity contribution in [1.29, 1.82) is 0 Å². The van der Waals surface area contributed by atoms with Gasteiger partial charge in [-0.1, -0.05) is 0 Å². The van der Waals surface area contributed by atoms with Gasteiger partial charge in [-0.05, 0) is 49.1 Å². The zero-order valence-corrected chi connectivity index (χ0v) is 11.0. The first kappa shape index (κ1) is 13.5. The predicted octanol–water partition coefficient (Wildman–Crippen LogP) is 1.37. The third kappa shape index (κ3) is 2.42. The van der Waals surface area contributed by atoms with Crippen molar-refractivity contribution in [2.75, 3.05) is 14.2 Å². The van der Waals surface area contributed by atoms with Gasteiger partial charge in [0.2, 0.25) is 5.91 Å². The fourth-order valence-electron chi connectivity index (χ4n) is 2.04. The molecule has 1 aromatic carbocycles. The molecule has 94 valence electrons. The Hall–Kier alpha value is -1.55. The highest BCUT2D eigenvalue weighted by Crippen LogP contribution is 2.30. The summed E-state index contributed by atoms with van der Waals surface area (Å²) in [4.78, 5) is 11.6. The first-order chi connectivity index (χ1) is 7.93. The van der Waals surface area contributed by atoms with Gasteiger partial charge >= 0.3 is 0 Å². The minimum atomic E-state index is -0.635. The topological polar surface area (TPSA) is 64.4 Å². The van der Waals surface area contributed by atoms with E-state index in [0.717, 1.165) is 28.0 Å². The number of aryl methyl sites for hydroxylation is 1. The van der Waals surface area contributed by atoms with Crippen LogP contribution >= 0.6 is 0 Å². The second kappa shape index (κ2) is 5.19. The van der Waals surface area contributed by atoms with E-state index in [1.807, 2.05) is 26.8 Å². The number of carbonyl (C=O) groups is 1. The Kier molecular flexibility index (Phi) is 4.12. The van der Waals surface area contributed by atoms with Crippen molar-refractivity contribution in [2.24, 2.45) is 5.73 Å². The maximum Gasteiger partial charge on any atom is 0.241 e.